The highest BCUT2D eigenvalue weighted by atomic mass is 16.5. The van der Waals surface area contributed by atoms with Gasteiger partial charge in [-0.3, -0.25) is 14.5 Å². The van der Waals surface area contributed by atoms with Gasteiger partial charge in [0.15, 0.2) is 0 Å². The molecule has 0 aliphatic carbocycles. The first-order valence-electron chi connectivity index (χ1n) is 12.3. The van der Waals surface area contributed by atoms with E-state index >= 15 is 0 Å². The van der Waals surface area contributed by atoms with Crippen molar-refractivity contribution in [3.63, 3.8) is 0 Å². The van der Waals surface area contributed by atoms with Gasteiger partial charge in [-0.05, 0) is 60.9 Å². The molecule has 0 saturated carbocycles. The van der Waals surface area contributed by atoms with Crippen molar-refractivity contribution in [2.75, 3.05) is 4.90 Å². The zero-order valence-corrected chi connectivity index (χ0v) is 20.7. The van der Waals surface area contributed by atoms with E-state index in [9.17, 15) is 14.7 Å². The highest BCUT2D eigenvalue weighted by molar-refractivity contribution is 6.51. The van der Waals surface area contributed by atoms with Crippen molar-refractivity contribution in [3.05, 3.63) is 131 Å². The molecule has 0 radical (unpaired) electrons. The summed E-state index contributed by atoms with van der Waals surface area (Å²) in [6.07, 6.45) is 0.860. The molecule has 1 atom stereocenters. The van der Waals surface area contributed by atoms with E-state index in [4.69, 9.17) is 4.74 Å². The second-order valence-corrected chi connectivity index (χ2v) is 9.04. The molecule has 1 aliphatic rings. The molecule has 184 valence electrons. The second-order valence-electron chi connectivity index (χ2n) is 9.04. The molecule has 0 bridgehead atoms. The maximum Gasteiger partial charge on any atom is 0.300 e. The van der Waals surface area contributed by atoms with Crippen LogP contribution in [-0.4, -0.2) is 16.8 Å². The quantitative estimate of drug-likeness (QED) is 0.180. The molecule has 1 heterocycles. The Morgan fingerprint density at radius 3 is 2.16 bits per heavy atom. The standard InChI is InChI=1S/C32H27NO4/c1-3-22-12-14-23(15-13-22)30(34)28-29(24-9-7-8-21(2)20-24)33(32(36)31(28)35)25-16-18-27(19-17-25)37-26-10-5-4-6-11-26/h4-20,29,34H,3H2,1-2H3/b30-28-. The number of amides is 1. The van der Waals surface area contributed by atoms with E-state index in [1.807, 2.05) is 80.6 Å². The Morgan fingerprint density at radius 2 is 1.51 bits per heavy atom. The van der Waals surface area contributed by atoms with Crippen LogP contribution in [0.1, 0.15) is 35.2 Å². The number of ketones is 1. The fraction of sp³-hybridized carbons (Fsp3) is 0.125. The van der Waals surface area contributed by atoms with Crippen molar-refractivity contribution >= 4 is 23.1 Å². The molecule has 1 N–H and O–H groups in total. The number of anilines is 1. The van der Waals surface area contributed by atoms with Crippen LogP contribution in [0.4, 0.5) is 5.69 Å². The maximum atomic E-state index is 13.4. The van der Waals surface area contributed by atoms with Gasteiger partial charge in [-0.2, -0.15) is 0 Å². The molecule has 5 rings (SSSR count). The fourth-order valence-electron chi connectivity index (χ4n) is 4.61. The molecule has 1 amide bonds. The van der Waals surface area contributed by atoms with Crippen LogP contribution in [0, 0.1) is 6.92 Å². The van der Waals surface area contributed by atoms with E-state index in [2.05, 4.69) is 0 Å². The first kappa shape index (κ1) is 24.1. The molecular weight excluding hydrogens is 462 g/mol. The summed E-state index contributed by atoms with van der Waals surface area (Å²) < 4.78 is 5.89. The number of aryl methyl sites for hydroxylation is 2. The summed E-state index contributed by atoms with van der Waals surface area (Å²) in [7, 11) is 0. The predicted molar refractivity (Wildman–Crippen MR) is 145 cm³/mol. The summed E-state index contributed by atoms with van der Waals surface area (Å²) in [5, 5.41) is 11.3. The molecule has 1 unspecified atom stereocenters. The van der Waals surface area contributed by atoms with Crippen LogP contribution >= 0.6 is 0 Å². The van der Waals surface area contributed by atoms with Crippen molar-refractivity contribution < 1.29 is 19.4 Å². The predicted octanol–water partition coefficient (Wildman–Crippen LogP) is 6.98. The van der Waals surface area contributed by atoms with Gasteiger partial charge in [0.2, 0.25) is 0 Å². The van der Waals surface area contributed by atoms with Crippen molar-refractivity contribution in [2.24, 2.45) is 0 Å². The number of Topliss-reactive ketones (excluding diaryl/α,β-unsaturated/α-hetero) is 1. The number of aliphatic hydroxyl groups is 1. The minimum absolute atomic E-state index is 0.0736. The van der Waals surface area contributed by atoms with Crippen molar-refractivity contribution in [2.45, 2.75) is 26.3 Å². The molecule has 1 aliphatic heterocycles. The van der Waals surface area contributed by atoms with Gasteiger partial charge in [0.05, 0.1) is 11.6 Å². The van der Waals surface area contributed by atoms with E-state index in [0.29, 0.717) is 22.7 Å². The van der Waals surface area contributed by atoms with E-state index in [-0.39, 0.29) is 11.3 Å². The van der Waals surface area contributed by atoms with Crippen LogP contribution in [0.2, 0.25) is 0 Å². The zero-order chi connectivity index (χ0) is 25.9. The van der Waals surface area contributed by atoms with Crippen LogP contribution in [0.3, 0.4) is 0 Å². The lowest BCUT2D eigenvalue weighted by atomic mass is 9.94. The van der Waals surface area contributed by atoms with E-state index < -0.39 is 17.7 Å². The minimum atomic E-state index is -0.772. The minimum Gasteiger partial charge on any atom is -0.507 e. The Bertz CT molecular complexity index is 1470. The Hall–Kier alpha value is -4.64. The lowest BCUT2D eigenvalue weighted by Gasteiger charge is -2.26. The zero-order valence-electron chi connectivity index (χ0n) is 20.7. The molecule has 4 aromatic carbocycles. The molecule has 5 heteroatoms. The SMILES string of the molecule is CCc1ccc(/C(O)=C2/C(=O)C(=O)N(c3ccc(Oc4ccccc4)cc3)C2c2cccc(C)c2)cc1. The monoisotopic (exact) mass is 489 g/mol. The van der Waals surface area contributed by atoms with Gasteiger partial charge in [0.25, 0.3) is 11.7 Å². The highest BCUT2D eigenvalue weighted by Gasteiger charge is 2.47. The number of hydrogen-bond acceptors (Lipinski definition) is 4. The normalized spacial score (nSPS) is 16.7. The Balaban J connectivity index is 1.58. The van der Waals surface area contributed by atoms with E-state index in [0.717, 1.165) is 23.1 Å². The fourth-order valence-corrected chi connectivity index (χ4v) is 4.61. The van der Waals surface area contributed by atoms with Gasteiger partial charge in [0.1, 0.15) is 17.3 Å². The Morgan fingerprint density at radius 1 is 0.838 bits per heavy atom. The summed E-state index contributed by atoms with van der Waals surface area (Å²) in [4.78, 5) is 28.2. The van der Waals surface area contributed by atoms with Crippen LogP contribution < -0.4 is 9.64 Å². The maximum absolute atomic E-state index is 13.4. The Labute approximate surface area is 216 Å². The number of benzene rings is 4. The van der Waals surface area contributed by atoms with E-state index in [1.165, 1.54) is 4.90 Å². The summed E-state index contributed by atoms with van der Waals surface area (Å²) in [6, 6.07) is 30.7. The van der Waals surface area contributed by atoms with Gasteiger partial charge in [0, 0.05) is 11.3 Å². The first-order chi connectivity index (χ1) is 18.0. The molecule has 0 spiro atoms. The average molecular weight is 490 g/mol. The topological polar surface area (TPSA) is 66.8 Å². The molecule has 5 nitrogen and oxygen atoms in total. The third kappa shape index (κ3) is 4.76. The van der Waals surface area contributed by atoms with Gasteiger partial charge >= 0.3 is 0 Å². The number of aliphatic hydroxyl groups excluding tert-OH is 1. The first-order valence-corrected chi connectivity index (χ1v) is 12.3. The average Bonchev–Trinajstić information content (AvgIpc) is 3.19. The number of nitrogens with zero attached hydrogens (tertiary/aromatic N) is 1. The van der Waals surface area contributed by atoms with E-state index in [1.54, 1.807) is 36.4 Å². The molecule has 1 saturated heterocycles. The lowest BCUT2D eigenvalue weighted by molar-refractivity contribution is -0.132. The molecular formula is C32H27NO4. The molecule has 37 heavy (non-hydrogen) atoms. The molecule has 0 aromatic heterocycles. The molecule has 4 aromatic rings. The Kier molecular flexibility index (Phi) is 6.60. The van der Waals surface area contributed by atoms with Gasteiger partial charge in [-0.25, -0.2) is 0 Å². The molecule has 1 fully saturated rings. The number of hydrogen-bond donors (Lipinski definition) is 1. The van der Waals surface area contributed by atoms with Gasteiger partial charge in [-0.15, -0.1) is 0 Å². The lowest BCUT2D eigenvalue weighted by Crippen LogP contribution is -2.29. The number of ether oxygens (including phenoxy) is 1. The smallest absolute Gasteiger partial charge is 0.300 e. The van der Waals surface area contributed by atoms with Crippen LogP contribution in [-0.2, 0) is 16.0 Å². The highest BCUT2D eigenvalue weighted by Crippen LogP contribution is 2.42. The number of rotatable bonds is 6. The largest absolute Gasteiger partial charge is 0.507 e. The third-order valence-corrected chi connectivity index (χ3v) is 6.53. The van der Waals surface area contributed by atoms with Crippen LogP contribution in [0.15, 0.2) is 109 Å². The number of para-hydroxylation sites is 1. The number of carbonyl (C=O) groups excluding carboxylic acids is 2. The summed E-state index contributed by atoms with van der Waals surface area (Å²) >= 11 is 0. The van der Waals surface area contributed by atoms with Crippen molar-refractivity contribution in [1.82, 2.24) is 0 Å². The van der Waals surface area contributed by atoms with Crippen LogP contribution in [0.5, 0.6) is 11.5 Å². The second kappa shape index (κ2) is 10.2. The van der Waals surface area contributed by atoms with Crippen LogP contribution in [0.25, 0.3) is 5.76 Å². The summed E-state index contributed by atoms with van der Waals surface area (Å²) in [5.74, 6) is -0.276. The van der Waals surface area contributed by atoms with Gasteiger partial charge in [-0.1, -0.05) is 79.2 Å². The third-order valence-electron chi connectivity index (χ3n) is 6.53. The number of carbonyl (C=O) groups is 2. The summed E-state index contributed by atoms with van der Waals surface area (Å²) in [6.45, 7) is 4.00. The summed E-state index contributed by atoms with van der Waals surface area (Å²) in [5.41, 5.74) is 3.96. The van der Waals surface area contributed by atoms with Gasteiger partial charge < -0.3 is 9.84 Å². The van der Waals surface area contributed by atoms with Crippen molar-refractivity contribution in [1.29, 1.82) is 0 Å². The van der Waals surface area contributed by atoms with Crippen molar-refractivity contribution in [3.8, 4) is 11.5 Å².